The summed E-state index contributed by atoms with van der Waals surface area (Å²) < 4.78 is 2.22. The van der Waals surface area contributed by atoms with Crippen molar-refractivity contribution in [3.8, 4) is 0 Å². The number of aromatic nitrogens is 1. The molecule has 0 amide bonds. The number of hydrogen-bond acceptors (Lipinski definition) is 3. The first kappa shape index (κ1) is 19.2. The molecule has 4 rings (SSSR count). The number of hydrogen-bond donors (Lipinski definition) is 2. The Morgan fingerprint density at radius 2 is 1.69 bits per heavy atom. The molecule has 0 fully saturated rings. The molecule has 2 heterocycles. The summed E-state index contributed by atoms with van der Waals surface area (Å²) in [5, 5.41) is 19.9. The highest BCUT2D eigenvalue weighted by atomic mass is 16.4. The van der Waals surface area contributed by atoms with Gasteiger partial charge in [0.25, 0.3) is 0 Å². The van der Waals surface area contributed by atoms with Crippen LogP contribution in [0.3, 0.4) is 0 Å². The monoisotopic (exact) mass is 392 g/mol. The molecule has 1 aromatic heterocycles. The third-order valence-corrected chi connectivity index (χ3v) is 5.69. The van der Waals surface area contributed by atoms with Crippen LogP contribution in [-0.2, 0) is 22.6 Å². The average Bonchev–Trinajstić information content (AvgIpc) is 3.02. The lowest BCUT2D eigenvalue weighted by atomic mass is 9.94. The van der Waals surface area contributed by atoms with Gasteiger partial charge in [0.2, 0.25) is 0 Å². The second kappa shape index (κ2) is 8.09. The predicted octanol–water partition coefficient (Wildman–Crippen LogP) is 3.54. The van der Waals surface area contributed by atoms with Gasteiger partial charge in [0.1, 0.15) is 0 Å². The van der Waals surface area contributed by atoms with Gasteiger partial charge in [0, 0.05) is 36.2 Å². The van der Waals surface area contributed by atoms with Gasteiger partial charge in [-0.25, -0.2) is 0 Å². The van der Waals surface area contributed by atoms with Crippen molar-refractivity contribution in [2.75, 3.05) is 13.1 Å². The molecule has 150 valence electrons. The SMILES string of the molecule is O=C(O)CCN1CCc2c(n(Cc3ccccc3)c3ccccc23)C1CC(=O)O. The lowest BCUT2D eigenvalue weighted by molar-refractivity contribution is -0.138. The number of para-hydroxylation sites is 1. The van der Waals surface area contributed by atoms with Gasteiger partial charge in [-0.2, -0.15) is 0 Å². The van der Waals surface area contributed by atoms with Crippen LogP contribution in [0, 0.1) is 0 Å². The van der Waals surface area contributed by atoms with Crippen molar-refractivity contribution >= 4 is 22.8 Å². The fourth-order valence-corrected chi connectivity index (χ4v) is 4.46. The molecular formula is C23H24N2O4. The normalized spacial score (nSPS) is 16.6. The van der Waals surface area contributed by atoms with E-state index >= 15 is 0 Å². The van der Waals surface area contributed by atoms with Crippen LogP contribution in [-0.4, -0.2) is 44.7 Å². The summed E-state index contributed by atoms with van der Waals surface area (Å²) >= 11 is 0. The number of rotatable bonds is 7. The van der Waals surface area contributed by atoms with E-state index in [0.717, 1.165) is 28.6 Å². The van der Waals surface area contributed by atoms with E-state index in [4.69, 9.17) is 5.11 Å². The molecule has 1 atom stereocenters. The van der Waals surface area contributed by atoms with Crippen molar-refractivity contribution in [2.45, 2.75) is 31.8 Å². The third-order valence-electron chi connectivity index (χ3n) is 5.69. The maximum Gasteiger partial charge on any atom is 0.305 e. The van der Waals surface area contributed by atoms with E-state index in [-0.39, 0.29) is 18.9 Å². The maximum absolute atomic E-state index is 11.7. The van der Waals surface area contributed by atoms with Crippen LogP contribution in [0.4, 0.5) is 0 Å². The van der Waals surface area contributed by atoms with Gasteiger partial charge in [-0.3, -0.25) is 14.5 Å². The summed E-state index contributed by atoms with van der Waals surface area (Å²) in [6.07, 6.45) is 0.746. The van der Waals surface area contributed by atoms with E-state index in [0.29, 0.717) is 19.6 Å². The van der Waals surface area contributed by atoms with Crippen molar-refractivity contribution in [3.05, 3.63) is 71.4 Å². The molecule has 0 radical (unpaired) electrons. The van der Waals surface area contributed by atoms with Crippen LogP contribution >= 0.6 is 0 Å². The summed E-state index contributed by atoms with van der Waals surface area (Å²) in [6.45, 7) is 1.66. The van der Waals surface area contributed by atoms with E-state index in [1.165, 1.54) is 5.56 Å². The van der Waals surface area contributed by atoms with E-state index in [9.17, 15) is 14.7 Å². The summed E-state index contributed by atoms with van der Waals surface area (Å²) in [5.74, 6) is -1.74. The minimum atomic E-state index is -0.875. The van der Waals surface area contributed by atoms with Gasteiger partial charge < -0.3 is 14.8 Å². The molecule has 1 aliphatic heterocycles. The first-order valence-corrected chi connectivity index (χ1v) is 9.86. The molecule has 0 saturated carbocycles. The molecule has 2 aromatic carbocycles. The number of carbonyl (C=O) groups is 2. The van der Waals surface area contributed by atoms with Crippen LogP contribution in [0.2, 0.25) is 0 Å². The summed E-state index contributed by atoms with van der Waals surface area (Å²) in [4.78, 5) is 24.8. The Labute approximate surface area is 169 Å². The van der Waals surface area contributed by atoms with Gasteiger partial charge >= 0.3 is 11.9 Å². The molecule has 0 saturated heterocycles. The van der Waals surface area contributed by atoms with Gasteiger partial charge in [0.15, 0.2) is 0 Å². The second-order valence-electron chi connectivity index (χ2n) is 7.50. The minimum Gasteiger partial charge on any atom is -0.481 e. The summed E-state index contributed by atoms with van der Waals surface area (Å²) in [7, 11) is 0. The topological polar surface area (TPSA) is 82.8 Å². The molecule has 2 N–H and O–H groups in total. The molecule has 0 bridgehead atoms. The largest absolute Gasteiger partial charge is 0.481 e. The highest BCUT2D eigenvalue weighted by molar-refractivity contribution is 5.86. The highest BCUT2D eigenvalue weighted by Crippen LogP contribution is 2.39. The molecule has 29 heavy (non-hydrogen) atoms. The first-order valence-electron chi connectivity index (χ1n) is 9.86. The van der Waals surface area contributed by atoms with Crippen molar-refractivity contribution in [1.82, 2.24) is 9.47 Å². The summed E-state index contributed by atoms with van der Waals surface area (Å²) in [5.41, 5.74) is 4.44. The van der Waals surface area contributed by atoms with Gasteiger partial charge in [-0.05, 0) is 23.6 Å². The Hall–Kier alpha value is -3.12. The zero-order chi connectivity index (χ0) is 20.4. The van der Waals surface area contributed by atoms with E-state index in [1.54, 1.807) is 0 Å². The van der Waals surface area contributed by atoms with Gasteiger partial charge in [-0.1, -0.05) is 48.5 Å². The molecule has 0 spiro atoms. The Morgan fingerprint density at radius 3 is 2.41 bits per heavy atom. The molecule has 6 nitrogen and oxygen atoms in total. The number of benzene rings is 2. The van der Waals surface area contributed by atoms with Gasteiger partial charge in [-0.15, -0.1) is 0 Å². The quantitative estimate of drug-likeness (QED) is 0.643. The van der Waals surface area contributed by atoms with Crippen LogP contribution < -0.4 is 0 Å². The number of fused-ring (bicyclic) bond motifs is 3. The molecule has 0 aliphatic carbocycles. The second-order valence-corrected chi connectivity index (χ2v) is 7.50. The third kappa shape index (κ3) is 3.89. The van der Waals surface area contributed by atoms with Gasteiger partial charge in [0.05, 0.1) is 18.9 Å². The maximum atomic E-state index is 11.7. The van der Waals surface area contributed by atoms with Crippen LogP contribution in [0.1, 0.15) is 35.7 Å². The molecule has 1 unspecified atom stereocenters. The zero-order valence-electron chi connectivity index (χ0n) is 16.1. The highest BCUT2D eigenvalue weighted by Gasteiger charge is 2.34. The Morgan fingerprint density at radius 1 is 0.966 bits per heavy atom. The number of carboxylic acids is 2. The van der Waals surface area contributed by atoms with Crippen LogP contribution in [0.25, 0.3) is 10.9 Å². The fourth-order valence-electron chi connectivity index (χ4n) is 4.46. The molecule has 6 heteroatoms. The summed E-state index contributed by atoms with van der Waals surface area (Å²) in [6, 6.07) is 18.0. The number of aliphatic carboxylic acids is 2. The average molecular weight is 392 g/mol. The van der Waals surface area contributed by atoms with Crippen molar-refractivity contribution < 1.29 is 19.8 Å². The molecule has 3 aromatic rings. The van der Waals surface area contributed by atoms with Crippen molar-refractivity contribution in [3.63, 3.8) is 0 Å². The Kier molecular flexibility index (Phi) is 5.36. The smallest absolute Gasteiger partial charge is 0.305 e. The molecular weight excluding hydrogens is 368 g/mol. The van der Waals surface area contributed by atoms with Crippen molar-refractivity contribution in [1.29, 1.82) is 0 Å². The van der Waals surface area contributed by atoms with Crippen molar-refractivity contribution in [2.24, 2.45) is 0 Å². The minimum absolute atomic E-state index is 0.00433. The standard InChI is InChI=1S/C23H24N2O4/c26-21(27)11-13-24-12-10-18-17-8-4-5-9-19(17)25(15-16-6-2-1-3-7-16)23(18)20(24)14-22(28)29/h1-9,20H,10-15H2,(H,26,27)(H,28,29). The Bertz CT molecular complexity index is 1040. The fraction of sp³-hybridized carbons (Fsp3) is 0.304. The number of nitrogens with zero attached hydrogens (tertiary/aromatic N) is 2. The molecule has 1 aliphatic rings. The van der Waals surface area contributed by atoms with Crippen LogP contribution in [0.5, 0.6) is 0 Å². The number of carboxylic acid groups (broad SMARTS) is 2. The van der Waals surface area contributed by atoms with E-state index in [2.05, 4.69) is 28.8 Å². The predicted molar refractivity (Wildman–Crippen MR) is 110 cm³/mol. The lowest BCUT2D eigenvalue weighted by Crippen LogP contribution is -2.39. The lowest BCUT2D eigenvalue weighted by Gasteiger charge is -2.36. The Balaban J connectivity index is 1.84. The van der Waals surface area contributed by atoms with E-state index < -0.39 is 11.9 Å². The van der Waals surface area contributed by atoms with Crippen LogP contribution in [0.15, 0.2) is 54.6 Å². The first-order chi connectivity index (χ1) is 14.0. The van der Waals surface area contributed by atoms with E-state index in [1.807, 2.05) is 35.2 Å². The zero-order valence-corrected chi connectivity index (χ0v) is 16.1.